The number of hydrogen-bond donors (Lipinski definition) is 1. The molecule has 0 amide bonds. The van der Waals surface area contributed by atoms with Crippen LogP contribution >= 0.6 is 0 Å². The average Bonchev–Trinajstić information content (AvgIpc) is 2.83. The van der Waals surface area contributed by atoms with Crippen LogP contribution in [0.15, 0.2) is 28.7 Å². The molecule has 0 spiro atoms. The molecule has 5 heteroatoms. The van der Waals surface area contributed by atoms with Crippen LogP contribution in [-0.4, -0.2) is 16.1 Å². The average molecular weight is 231 g/mol. The molecule has 0 aliphatic carbocycles. The molecular formula is C12H13N3O2. The van der Waals surface area contributed by atoms with Crippen LogP contribution in [0.1, 0.15) is 25.5 Å². The Kier molecular flexibility index (Phi) is 2.16. The van der Waals surface area contributed by atoms with Crippen molar-refractivity contribution in [3.63, 3.8) is 0 Å². The molecule has 3 heterocycles. The summed E-state index contributed by atoms with van der Waals surface area (Å²) < 4.78 is 11.2. The summed E-state index contributed by atoms with van der Waals surface area (Å²) in [5, 5.41) is 0. The van der Waals surface area contributed by atoms with Crippen molar-refractivity contribution in [2.45, 2.75) is 26.1 Å². The topological polar surface area (TPSA) is 74.2 Å². The van der Waals surface area contributed by atoms with Crippen LogP contribution in [0.4, 0.5) is 5.82 Å². The number of hydrogen-bond acceptors (Lipinski definition) is 5. The van der Waals surface area contributed by atoms with E-state index in [0.29, 0.717) is 11.4 Å². The standard InChI is InChI=1S/C12H13N3O2/c1-6-3-7(2)17-10(6)8-4-16-11-9(8)14-5-15-12(11)13/h3-5,7,10H,1-2H3,(H2,13,14,15)/t7?,10-/m1/s1. The van der Waals surface area contributed by atoms with Crippen molar-refractivity contribution in [2.75, 3.05) is 5.73 Å². The molecule has 5 nitrogen and oxygen atoms in total. The molecule has 2 aromatic rings. The van der Waals surface area contributed by atoms with Gasteiger partial charge in [0.1, 0.15) is 17.9 Å². The highest BCUT2D eigenvalue weighted by atomic mass is 16.5. The summed E-state index contributed by atoms with van der Waals surface area (Å²) in [7, 11) is 0. The Bertz CT molecular complexity index is 603. The lowest BCUT2D eigenvalue weighted by atomic mass is 10.1. The predicted octanol–water partition coefficient (Wildman–Crippen LogP) is 2.21. The highest BCUT2D eigenvalue weighted by Gasteiger charge is 2.27. The number of nitrogens with zero attached hydrogens (tertiary/aromatic N) is 2. The monoisotopic (exact) mass is 231 g/mol. The summed E-state index contributed by atoms with van der Waals surface area (Å²) in [6, 6.07) is 0. The molecule has 0 bridgehead atoms. The highest BCUT2D eigenvalue weighted by molar-refractivity contribution is 5.85. The van der Waals surface area contributed by atoms with Gasteiger partial charge >= 0.3 is 0 Å². The van der Waals surface area contributed by atoms with Gasteiger partial charge in [-0.05, 0) is 19.4 Å². The van der Waals surface area contributed by atoms with E-state index >= 15 is 0 Å². The van der Waals surface area contributed by atoms with Crippen LogP contribution in [0.25, 0.3) is 11.1 Å². The van der Waals surface area contributed by atoms with Gasteiger partial charge in [-0.25, -0.2) is 9.97 Å². The van der Waals surface area contributed by atoms with E-state index in [-0.39, 0.29) is 12.2 Å². The molecule has 17 heavy (non-hydrogen) atoms. The Hall–Kier alpha value is -1.88. The second-order valence-corrected chi connectivity index (χ2v) is 4.26. The first-order chi connectivity index (χ1) is 8.16. The first kappa shape index (κ1) is 10.3. The normalized spacial score (nSPS) is 24.2. The minimum absolute atomic E-state index is 0.0967. The molecular weight excluding hydrogens is 218 g/mol. The molecule has 0 aromatic carbocycles. The fourth-order valence-corrected chi connectivity index (χ4v) is 2.21. The van der Waals surface area contributed by atoms with Crippen LogP contribution in [0.2, 0.25) is 0 Å². The zero-order chi connectivity index (χ0) is 12.0. The number of anilines is 1. The summed E-state index contributed by atoms with van der Waals surface area (Å²) in [5.74, 6) is 0.355. The van der Waals surface area contributed by atoms with Gasteiger partial charge in [0.2, 0.25) is 0 Å². The highest BCUT2D eigenvalue weighted by Crippen LogP contribution is 2.37. The fraction of sp³-hybridized carbons (Fsp3) is 0.333. The number of aromatic nitrogens is 2. The van der Waals surface area contributed by atoms with Crippen LogP contribution in [-0.2, 0) is 4.74 Å². The third kappa shape index (κ3) is 1.51. The summed E-state index contributed by atoms with van der Waals surface area (Å²) in [5.41, 5.74) is 9.06. The van der Waals surface area contributed by atoms with Gasteiger partial charge in [-0.3, -0.25) is 0 Å². The Balaban J connectivity index is 2.13. The number of nitrogen functional groups attached to an aromatic ring is 1. The zero-order valence-electron chi connectivity index (χ0n) is 9.68. The van der Waals surface area contributed by atoms with Crippen molar-refractivity contribution in [1.82, 2.24) is 9.97 Å². The molecule has 0 fully saturated rings. The molecule has 0 saturated carbocycles. The summed E-state index contributed by atoms with van der Waals surface area (Å²) >= 11 is 0. The van der Waals surface area contributed by atoms with Crippen LogP contribution < -0.4 is 5.73 Å². The van der Waals surface area contributed by atoms with Gasteiger partial charge in [-0.15, -0.1) is 0 Å². The third-order valence-electron chi connectivity index (χ3n) is 2.95. The summed E-state index contributed by atoms with van der Waals surface area (Å²) in [4.78, 5) is 8.11. The van der Waals surface area contributed by atoms with E-state index < -0.39 is 0 Å². The Morgan fingerprint density at radius 1 is 1.35 bits per heavy atom. The van der Waals surface area contributed by atoms with Crippen molar-refractivity contribution in [3.8, 4) is 0 Å². The largest absolute Gasteiger partial charge is 0.458 e. The van der Waals surface area contributed by atoms with Gasteiger partial charge in [-0.2, -0.15) is 0 Å². The van der Waals surface area contributed by atoms with E-state index in [9.17, 15) is 0 Å². The number of nitrogens with two attached hydrogens (primary N) is 1. The maximum absolute atomic E-state index is 5.81. The second-order valence-electron chi connectivity index (χ2n) is 4.26. The molecule has 0 saturated heterocycles. The number of fused-ring (bicyclic) bond motifs is 1. The van der Waals surface area contributed by atoms with Gasteiger partial charge in [-0.1, -0.05) is 6.08 Å². The quantitative estimate of drug-likeness (QED) is 0.761. The van der Waals surface area contributed by atoms with Gasteiger partial charge in [0, 0.05) is 5.56 Å². The maximum atomic E-state index is 5.81. The smallest absolute Gasteiger partial charge is 0.194 e. The van der Waals surface area contributed by atoms with Crippen molar-refractivity contribution in [2.24, 2.45) is 0 Å². The second kappa shape index (κ2) is 3.56. The van der Waals surface area contributed by atoms with Gasteiger partial charge in [0.05, 0.1) is 12.4 Å². The van der Waals surface area contributed by atoms with Gasteiger partial charge in [0.25, 0.3) is 0 Å². The predicted molar refractivity (Wildman–Crippen MR) is 63.3 cm³/mol. The fourth-order valence-electron chi connectivity index (χ4n) is 2.21. The van der Waals surface area contributed by atoms with Crippen LogP contribution in [0.5, 0.6) is 0 Å². The van der Waals surface area contributed by atoms with E-state index in [1.54, 1.807) is 6.26 Å². The molecule has 2 N–H and O–H groups in total. The zero-order valence-corrected chi connectivity index (χ0v) is 9.68. The minimum atomic E-state index is -0.0967. The molecule has 0 radical (unpaired) electrons. The maximum Gasteiger partial charge on any atom is 0.194 e. The van der Waals surface area contributed by atoms with Gasteiger partial charge in [0.15, 0.2) is 11.4 Å². The van der Waals surface area contributed by atoms with Crippen molar-refractivity contribution in [1.29, 1.82) is 0 Å². The SMILES string of the molecule is CC1=CC(C)O[C@H]1c1coc2c(N)ncnc12. The molecule has 88 valence electrons. The van der Waals surface area contributed by atoms with Crippen LogP contribution in [0.3, 0.4) is 0 Å². The van der Waals surface area contributed by atoms with E-state index in [0.717, 1.165) is 16.7 Å². The van der Waals surface area contributed by atoms with E-state index in [4.69, 9.17) is 14.9 Å². The Morgan fingerprint density at radius 3 is 2.88 bits per heavy atom. The van der Waals surface area contributed by atoms with Crippen LogP contribution in [0, 0.1) is 0 Å². The molecule has 2 atom stereocenters. The number of furan rings is 1. The summed E-state index contributed by atoms with van der Waals surface area (Å²) in [6.07, 6.45) is 5.20. The molecule has 1 aliphatic rings. The first-order valence-corrected chi connectivity index (χ1v) is 5.48. The lowest BCUT2D eigenvalue weighted by molar-refractivity contribution is 0.0671. The Labute approximate surface area is 98.3 Å². The molecule has 1 aliphatic heterocycles. The van der Waals surface area contributed by atoms with Crippen molar-refractivity contribution in [3.05, 3.63) is 29.8 Å². The Morgan fingerprint density at radius 2 is 2.18 bits per heavy atom. The van der Waals surface area contributed by atoms with Crippen molar-refractivity contribution >= 4 is 16.9 Å². The van der Waals surface area contributed by atoms with E-state index in [1.165, 1.54) is 6.33 Å². The van der Waals surface area contributed by atoms with E-state index in [2.05, 4.69) is 16.0 Å². The molecule has 1 unspecified atom stereocenters. The lowest BCUT2D eigenvalue weighted by Crippen LogP contribution is -2.04. The van der Waals surface area contributed by atoms with Gasteiger partial charge < -0.3 is 14.9 Å². The molecule has 2 aromatic heterocycles. The van der Waals surface area contributed by atoms with Crippen molar-refractivity contribution < 1.29 is 9.15 Å². The first-order valence-electron chi connectivity index (χ1n) is 5.48. The number of rotatable bonds is 1. The number of ether oxygens (including phenoxy) is 1. The summed E-state index contributed by atoms with van der Waals surface area (Å²) in [6.45, 7) is 4.05. The lowest BCUT2D eigenvalue weighted by Gasteiger charge is -2.11. The minimum Gasteiger partial charge on any atom is -0.458 e. The third-order valence-corrected chi connectivity index (χ3v) is 2.95. The van der Waals surface area contributed by atoms with E-state index in [1.807, 2.05) is 13.8 Å². The molecule has 3 rings (SSSR count).